The number of nitrogens with zero attached hydrogens (tertiary/aromatic N) is 1. The fraction of sp³-hybridized carbons (Fsp3) is 0.364. The summed E-state index contributed by atoms with van der Waals surface area (Å²) in [5.74, 6) is -1.05. The minimum Gasteiger partial charge on any atom is -0.495 e. The number of benzene rings is 1. The van der Waals surface area contributed by atoms with Gasteiger partial charge in [0.2, 0.25) is 10.0 Å². The number of rotatable bonds is 4. The Morgan fingerprint density at radius 1 is 1.53 bits per heavy atom. The summed E-state index contributed by atoms with van der Waals surface area (Å²) in [5.41, 5.74) is 0. The quantitative estimate of drug-likeness (QED) is 0.903. The molecular weight excluding hydrogens is 294 g/mol. The second kappa shape index (κ2) is 4.99. The van der Waals surface area contributed by atoms with Gasteiger partial charge in [-0.05, 0) is 18.6 Å². The summed E-state index contributed by atoms with van der Waals surface area (Å²) in [7, 11) is -2.56. The molecule has 0 aromatic heterocycles. The van der Waals surface area contributed by atoms with Gasteiger partial charge in [0.1, 0.15) is 16.7 Å². The van der Waals surface area contributed by atoms with E-state index in [1.54, 1.807) is 0 Å². The van der Waals surface area contributed by atoms with Crippen LogP contribution in [-0.2, 0) is 14.8 Å². The van der Waals surface area contributed by atoms with Crippen molar-refractivity contribution in [3.8, 4) is 5.75 Å². The summed E-state index contributed by atoms with van der Waals surface area (Å²) in [6, 6.07) is 3.11. The average Bonchev–Trinajstić information content (AvgIpc) is 2.25. The highest BCUT2D eigenvalue weighted by Crippen LogP contribution is 2.33. The van der Waals surface area contributed by atoms with Crippen LogP contribution in [0.2, 0.25) is 5.02 Å². The number of carboxylic acids is 1. The van der Waals surface area contributed by atoms with Gasteiger partial charge in [0, 0.05) is 17.6 Å². The number of halogens is 1. The van der Waals surface area contributed by atoms with E-state index in [-0.39, 0.29) is 17.2 Å². The van der Waals surface area contributed by atoms with E-state index < -0.39 is 22.0 Å². The zero-order valence-electron chi connectivity index (χ0n) is 10.0. The number of methoxy groups -OCH3 is 1. The lowest BCUT2D eigenvalue weighted by atomic mass is 10.1. The molecule has 1 aliphatic heterocycles. The molecule has 1 fully saturated rings. The van der Waals surface area contributed by atoms with E-state index in [4.69, 9.17) is 21.4 Å². The minimum atomic E-state index is -3.89. The number of ether oxygens (including phenoxy) is 1. The van der Waals surface area contributed by atoms with Crippen molar-refractivity contribution in [3.63, 3.8) is 0 Å². The van der Waals surface area contributed by atoms with E-state index in [1.165, 1.54) is 25.3 Å². The van der Waals surface area contributed by atoms with Crippen LogP contribution < -0.4 is 4.74 Å². The van der Waals surface area contributed by atoms with Crippen molar-refractivity contribution in [2.45, 2.75) is 17.4 Å². The molecule has 1 saturated heterocycles. The van der Waals surface area contributed by atoms with Gasteiger partial charge in [0.15, 0.2) is 0 Å². The van der Waals surface area contributed by atoms with Gasteiger partial charge in [0.25, 0.3) is 0 Å². The first-order valence-electron chi connectivity index (χ1n) is 5.46. The fourth-order valence-electron chi connectivity index (χ4n) is 1.88. The third-order valence-electron chi connectivity index (χ3n) is 2.97. The maximum Gasteiger partial charge on any atom is 0.322 e. The van der Waals surface area contributed by atoms with Crippen LogP contribution in [0.4, 0.5) is 0 Å². The molecule has 1 aromatic rings. The molecule has 6 nitrogen and oxygen atoms in total. The molecule has 19 heavy (non-hydrogen) atoms. The van der Waals surface area contributed by atoms with E-state index in [0.717, 1.165) is 4.31 Å². The molecule has 1 aromatic carbocycles. The molecule has 1 N–H and O–H groups in total. The maximum absolute atomic E-state index is 12.4. The number of carbonyl (C=O) groups is 1. The minimum absolute atomic E-state index is 0.0784. The molecular formula is C11H12ClNO5S. The summed E-state index contributed by atoms with van der Waals surface area (Å²) in [4.78, 5) is 10.8. The van der Waals surface area contributed by atoms with Crippen molar-refractivity contribution in [1.29, 1.82) is 0 Å². The van der Waals surface area contributed by atoms with E-state index in [9.17, 15) is 13.2 Å². The van der Waals surface area contributed by atoms with Crippen LogP contribution in [0.15, 0.2) is 23.1 Å². The zero-order chi connectivity index (χ0) is 14.2. The smallest absolute Gasteiger partial charge is 0.322 e. The number of sulfonamides is 1. The van der Waals surface area contributed by atoms with E-state index in [2.05, 4.69) is 0 Å². The molecule has 1 atom stereocenters. The Balaban J connectivity index is 2.43. The Labute approximate surface area is 115 Å². The van der Waals surface area contributed by atoms with Gasteiger partial charge >= 0.3 is 5.97 Å². The molecule has 0 saturated carbocycles. The molecule has 0 amide bonds. The highest BCUT2D eigenvalue weighted by atomic mass is 35.5. The molecule has 0 spiro atoms. The highest BCUT2D eigenvalue weighted by molar-refractivity contribution is 7.89. The van der Waals surface area contributed by atoms with Crippen LogP contribution in [0.1, 0.15) is 6.42 Å². The van der Waals surface area contributed by atoms with Crippen LogP contribution >= 0.6 is 11.6 Å². The van der Waals surface area contributed by atoms with Crippen LogP contribution in [0.5, 0.6) is 5.75 Å². The van der Waals surface area contributed by atoms with Crippen molar-refractivity contribution >= 4 is 27.6 Å². The second-order valence-corrected chi connectivity index (χ2v) is 6.35. The van der Waals surface area contributed by atoms with Crippen molar-refractivity contribution in [1.82, 2.24) is 4.31 Å². The Kier molecular flexibility index (Phi) is 3.71. The predicted molar refractivity (Wildman–Crippen MR) is 67.9 cm³/mol. The molecule has 2 rings (SSSR count). The van der Waals surface area contributed by atoms with Crippen molar-refractivity contribution in [2.75, 3.05) is 13.7 Å². The standard InChI is InChI=1S/C11H12ClNO5S/c1-18-9-6-7(12)2-3-10(9)19(16,17)13-5-4-8(13)11(14)15/h2-3,6,8H,4-5H2,1H3,(H,14,15)/t8-/m0/s1. The van der Waals surface area contributed by atoms with Gasteiger partial charge < -0.3 is 9.84 Å². The monoisotopic (exact) mass is 305 g/mol. The van der Waals surface area contributed by atoms with Gasteiger partial charge in [-0.25, -0.2) is 8.42 Å². The number of hydrogen-bond acceptors (Lipinski definition) is 4. The van der Waals surface area contributed by atoms with Crippen LogP contribution in [0, 0.1) is 0 Å². The molecule has 104 valence electrons. The van der Waals surface area contributed by atoms with Gasteiger partial charge in [-0.3, -0.25) is 4.79 Å². The number of aliphatic carboxylic acids is 1. The lowest BCUT2D eigenvalue weighted by Crippen LogP contribution is -2.54. The Bertz CT molecular complexity index is 616. The second-order valence-electron chi connectivity index (χ2n) is 4.05. The Hall–Kier alpha value is -1.31. The van der Waals surface area contributed by atoms with Crippen molar-refractivity contribution in [3.05, 3.63) is 23.2 Å². The average molecular weight is 306 g/mol. The number of hydrogen-bond donors (Lipinski definition) is 1. The number of carboxylic acid groups (broad SMARTS) is 1. The predicted octanol–water partition coefficient (Wildman–Crippen LogP) is 1.20. The van der Waals surface area contributed by atoms with Gasteiger partial charge in [-0.1, -0.05) is 11.6 Å². The first-order chi connectivity index (χ1) is 8.87. The SMILES string of the molecule is COc1cc(Cl)ccc1S(=O)(=O)N1CC[C@H]1C(=O)O. The fourth-order valence-corrected chi connectivity index (χ4v) is 3.81. The summed E-state index contributed by atoms with van der Waals surface area (Å²) >= 11 is 5.77. The largest absolute Gasteiger partial charge is 0.495 e. The third kappa shape index (κ3) is 2.41. The van der Waals surface area contributed by atoms with Crippen molar-refractivity contribution in [2.24, 2.45) is 0 Å². The molecule has 0 unspecified atom stereocenters. The van der Waals surface area contributed by atoms with E-state index in [1.807, 2.05) is 0 Å². The molecule has 0 radical (unpaired) electrons. The third-order valence-corrected chi connectivity index (χ3v) is 5.15. The zero-order valence-corrected chi connectivity index (χ0v) is 11.6. The van der Waals surface area contributed by atoms with Gasteiger partial charge in [-0.15, -0.1) is 0 Å². The van der Waals surface area contributed by atoms with E-state index in [0.29, 0.717) is 11.4 Å². The molecule has 1 aliphatic rings. The molecule has 1 heterocycles. The van der Waals surface area contributed by atoms with Crippen LogP contribution in [-0.4, -0.2) is 43.5 Å². The first kappa shape index (κ1) is 14.1. The molecule has 0 aliphatic carbocycles. The highest BCUT2D eigenvalue weighted by Gasteiger charge is 2.43. The van der Waals surface area contributed by atoms with Gasteiger partial charge in [0.05, 0.1) is 7.11 Å². The molecule has 8 heteroatoms. The summed E-state index contributed by atoms with van der Waals surface area (Å²) in [6.07, 6.45) is 0.310. The lowest BCUT2D eigenvalue weighted by Gasteiger charge is -2.36. The summed E-state index contributed by atoms with van der Waals surface area (Å²) in [6.45, 7) is 0.186. The Morgan fingerprint density at radius 2 is 2.21 bits per heavy atom. The van der Waals surface area contributed by atoms with Crippen LogP contribution in [0.3, 0.4) is 0 Å². The summed E-state index contributed by atoms with van der Waals surface area (Å²) < 4.78 is 30.7. The summed E-state index contributed by atoms with van der Waals surface area (Å²) in [5, 5.41) is 9.27. The van der Waals surface area contributed by atoms with E-state index >= 15 is 0 Å². The van der Waals surface area contributed by atoms with Crippen molar-refractivity contribution < 1.29 is 23.1 Å². The van der Waals surface area contributed by atoms with Gasteiger partial charge in [-0.2, -0.15) is 4.31 Å². The topological polar surface area (TPSA) is 83.9 Å². The first-order valence-corrected chi connectivity index (χ1v) is 7.28. The Morgan fingerprint density at radius 3 is 2.68 bits per heavy atom. The normalized spacial score (nSPS) is 19.8. The molecule has 0 bridgehead atoms. The lowest BCUT2D eigenvalue weighted by molar-refractivity contribution is -0.144. The maximum atomic E-state index is 12.4. The van der Waals surface area contributed by atoms with Crippen LogP contribution in [0.25, 0.3) is 0 Å².